The number of hydrogen-bond acceptors (Lipinski definition) is 3. The van der Waals surface area contributed by atoms with Gasteiger partial charge < -0.3 is 14.5 Å². The first-order valence-electron chi connectivity index (χ1n) is 6.08. The Kier molecular flexibility index (Phi) is 4.85. The van der Waals surface area contributed by atoms with E-state index in [9.17, 15) is 9.59 Å². The van der Waals surface area contributed by atoms with E-state index in [-0.39, 0.29) is 23.9 Å². The topological polar surface area (TPSA) is 49.9 Å². The Hall–Kier alpha value is -0.970. The highest BCUT2D eigenvalue weighted by atomic mass is 35.5. The van der Waals surface area contributed by atoms with Crippen molar-refractivity contribution >= 4 is 23.6 Å². The minimum atomic E-state index is -0.497. The molecule has 1 rings (SSSR count). The van der Waals surface area contributed by atoms with Crippen LogP contribution in [-0.2, 0) is 9.53 Å². The molecule has 5 nitrogen and oxygen atoms in total. The first-order chi connectivity index (χ1) is 8.24. The molecule has 1 heterocycles. The second kappa shape index (κ2) is 5.78. The molecule has 0 aromatic heterocycles. The standard InChI is InChI=1S/C12H21ClN2O3/c1-9-8-14(11(17)18-12(2,3)4)5-6-15(9)10(16)7-13/h9H,5-8H2,1-4H3. The first-order valence-corrected chi connectivity index (χ1v) is 6.61. The lowest BCUT2D eigenvalue weighted by molar-refractivity contribution is -0.132. The molecule has 1 atom stereocenters. The van der Waals surface area contributed by atoms with Crippen LogP contribution >= 0.6 is 11.6 Å². The van der Waals surface area contributed by atoms with Crippen LogP contribution in [0.15, 0.2) is 0 Å². The van der Waals surface area contributed by atoms with Crippen molar-refractivity contribution in [3.8, 4) is 0 Å². The maximum absolute atomic E-state index is 11.9. The summed E-state index contributed by atoms with van der Waals surface area (Å²) in [6.07, 6.45) is -0.327. The van der Waals surface area contributed by atoms with E-state index in [0.717, 1.165) is 0 Å². The first kappa shape index (κ1) is 15.1. The monoisotopic (exact) mass is 276 g/mol. The van der Waals surface area contributed by atoms with E-state index in [2.05, 4.69) is 0 Å². The predicted molar refractivity (Wildman–Crippen MR) is 69.7 cm³/mol. The molecule has 0 aromatic rings. The third-order valence-electron chi connectivity index (χ3n) is 2.71. The van der Waals surface area contributed by atoms with E-state index in [1.54, 1.807) is 9.80 Å². The summed E-state index contributed by atoms with van der Waals surface area (Å²) in [6, 6.07) is -0.0301. The van der Waals surface area contributed by atoms with Gasteiger partial charge in [0.25, 0.3) is 0 Å². The highest BCUT2D eigenvalue weighted by molar-refractivity contribution is 6.27. The van der Waals surface area contributed by atoms with Gasteiger partial charge in [-0.25, -0.2) is 4.79 Å². The molecular formula is C12H21ClN2O3. The van der Waals surface area contributed by atoms with Gasteiger partial charge in [0.1, 0.15) is 11.5 Å². The molecule has 0 aromatic carbocycles. The maximum Gasteiger partial charge on any atom is 0.410 e. The Labute approximate surface area is 113 Å². The number of amides is 2. The van der Waals surface area contributed by atoms with Gasteiger partial charge in [-0.1, -0.05) is 0 Å². The molecule has 0 spiro atoms. The van der Waals surface area contributed by atoms with E-state index in [0.29, 0.717) is 19.6 Å². The number of halogens is 1. The lowest BCUT2D eigenvalue weighted by Crippen LogP contribution is -2.56. The van der Waals surface area contributed by atoms with Crippen molar-refractivity contribution in [2.75, 3.05) is 25.5 Å². The summed E-state index contributed by atoms with van der Waals surface area (Å²) in [4.78, 5) is 26.8. The zero-order chi connectivity index (χ0) is 13.9. The van der Waals surface area contributed by atoms with Gasteiger partial charge >= 0.3 is 6.09 Å². The van der Waals surface area contributed by atoms with Gasteiger partial charge in [0.05, 0.1) is 0 Å². The third-order valence-corrected chi connectivity index (χ3v) is 2.94. The fraction of sp³-hybridized carbons (Fsp3) is 0.833. The molecular weight excluding hydrogens is 256 g/mol. The lowest BCUT2D eigenvalue weighted by atomic mass is 10.2. The summed E-state index contributed by atoms with van der Waals surface area (Å²) in [5.41, 5.74) is -0.497. The number of alkyl halides is 1. The van der Waals surface area contributed by atoms with Crippen LogP contribution in [0, 0.1) is 0 Å². The minimum Gasteiger partial charge on any atom is -0.444 e. The Morgan fingerprint density at radius 2 is 1.94 bits per heavy atom. The molecule has 1 aliphatic rings. The quantitative estimate of drug-likeness (QED) is 0.685. The molecule has 0 N–H and O–H groups in total. The molecule has 0 saturated carbocycles. The lowest BCUT2D eigenvalue weighted by Gasteiger charge is -2.39. The minimum absolute atomic E-state index is 0.0171. The van der Waals surface area contributed by atoms with Crippen LogP contribution in [0.3, 0.4) is 0 Å². The largest absolute Gasteiger partial charge is 0.444 e. The molecule has 1 unspecified atom stereocenters. The molecule has 18 heavy (non-hydrogen) atoms. The number of ether oxygens (including phenoxy) is 1. The molecule has 104 valence electrons. The van der Waals surface area contributed by atoms with Crippen molar-refractivity contribution in [3.63, 3.8) is 0 Å². The summed E-state index contributed by atoms with van der Waals surface area (Å²) in [7, 11) is 0. The van der Waals surface area contributed by atoms with Crippen LogP contribution in [-0.4, -0.2) is 59.0 Å². The van der Waals surface area contributed by atoms with E-state index < -0.39 is 5.60 Å². The summed E-state index contributed by atoms with van der Waals surface area (Å²) in [5.74, 6) is -0.107. The van der Waals surface area contributed by atoms with E-state index >= 15 is 0 Å². The van der Waals surface area contributed by atoms with Crippen molar-refractivity contribution in [3.05, 3.63) is 0 Å². The van der Waals surface area contributed by atoms with Gasteiger partial charge in [0.2, 0.25) is 5.91 Å². The molecule has 6 heteroatoms. The Morgan fingerprint density at radius 1 is 1.33 bits per heavy atom. The third kappa shape index (κ3) is 4.05. The van der Waals surface area contributed by atoms with Crippen LogP contribution in [0.1, 0.15) is 27.7 Å². The van der Waals surface area contributed by atoms with Crippen molar-refractivity contribution in [1.29, 1.82) is 0 Å². The van der Waals surface area contributed by atoms with Gasteiger partial charge in [-0.2, -0.15) is 0 Å². The van der Waals surface area contributed by atoms with Crippen LogP contribution in [0.25, 0.3) is 0 Å². The van der Waals surface area contributed by atoms with Crippen LogP contribution in [0.5, 0.6) is 0 Å². The van der Waals surface area contributed by atoms with Crippen LogP contribution in [0.2, 0.25) is 0 Å². The second-order valence-electron chi connectivity index (χ2n) is 5.50. The molecule has 1 fully saturated rings. The van der Waals surface area contributed by atoms with Crippen LogP contribution < -0.4 is 0 Å². The van der Waals surface area contributed by atoms with Gasteiger partial charge in [0, 0.05) is 25.7 Å². The number of rotatable bonds is 1. The zero-order valence-electron chi connectivity index (χ0n) is 11.4. The van der Waals surface area contributed by atoms with Gasteiger partial charge in [-0.05, 0) is 27.7 Å². The fourth-order valence-electron chi connectivity index (χ4n) is 1.90. The van der Waals surface area contributed by atoms with Crippen LogP contribution in [0.4, 0.5) is 4.79 Å². The van der Waals surface area contributed by atoms with Gasteiger partial charge in [-0.15, -0.1) is 11.6 Å². The summed E-state index contributed by atoms with van der Waals surface area (Å²) < 4.78 is 5.31. The van der Waals surface area contributed by atoms with E-state index in [1.807, 2.05) is 27.7 Å². The van der Waals surface area contributed by atoms with Gasteiger partial charge in [0.15, 0.2) is 0 Å². The summed E-state index contributed by atoms with van der Waals surface area (Å²) >= 11 is 5.54. The molecule has 1 aliphatic heterocycles. The number of carbonyl (C=O) groups excluding carboxylic acids is 2. The normalized spacial score (nSPS) is 20.8. The molecule has 2 amide bonds. The molecule has 0 bridgehead atoms. The summed E-state index contributed by atoms with van der Waals surface area (Å²) in [6.45, 7) is 8.89. The average molecular weight is 277 g/mol. The van der Waals surface area contributed by atoms with Gasteiger partial charge in [-0.3, -0.25) is 4.79 Å². The summed E-state index contributed by atoms with van der Waals surface area (Å²) in [5, 5.41) is 0. The average Bonchev–Trinajstić information content (AvgIpc) is 2.25. The Bertz CT molecular complexity index is 328. The van der Waals surface area contributed by atoms with Crippen molar-refractivity contribution in [2.45, 2.75) is 39.3 Å². The number of piperazine rings is 1. The highest BCUT2D eigenvalue weighted by Crippen LogP contribution is 2.15. The second-order valence-corrected chi connectivity index (χ2v) is 5.76. The van der Waals surface area contributed by atoms with Crippen molar-refractivity contribution < 1.29 is 14.3 Å². The molecule has 0 radical (unpaired) electrons. The number of carbonyl (C=O) groups is 2. The molecule has 1 saturated heterocycles. The fourth-order valence-corrected chi connectivity index (χ4v) is 2.05. The maximum atomic E-state index is 11.9. The number of nitrogens with zero attached hydrogens (tertiary/aromatic N) is 2. The Balaban J connectivity index is 2.55. The smallest absolute Gasteiger partial charge is 0.410 e. The Morgan fingerprint density at radius 3 is 2.39 bits per heavy atom. The number of hydrogen-bond donors (Lipinski definition) is 0. The molecule has 0 aliphatic carbocycles. The highest BCUT2D eigenvalue weighted by Gasteiger charge is 2.31. The van der Waals surface area contributed by atoms with Crippen molar-refractivity contribution in [2.24, 2.45) is 0 Å². The van der Waals surface area contributed by atoms with E-state index in [1.165, 1.54) is 0 Å². The van der Waals surface area contributed by atoms with Crippen molar-refractivity contribution in [1.82, 2.24) is 9.80 Å². The van der Waals surface area contributed by atoms with E-state index in [4.69, 9.17) is 16.3 Å². The predicted octanol–water partition coefficient (Wildman–Crippen LogP) is 1.69. The SMILES string of the molecule is CC1CN(C(=O)OC(C)(C)C)CCN1C(=O)CCl. The zero-order valence-corrected chi connectivity index (χ0v) is 12.2.